The summed E-state index contributed by atoms with van der Waals surface area (Å²) in [5.74, 6) is -0.366. The average Bonchev–Trinajstić information content (AvgIpc) is 2.43. The SMILES string of the molecule is CCSc1cccc(Oc2cc(F)ccc2Br)c1C(=O)O. The minimum atomic E-state index is -1.07. The zero-order valence-electron chi connectivity index (χ0n) is 11.1. The van der Waals surface area contributed by atoms with Crippen molar-refractivity contribution in [1.82, 2.24) is 0 Å². The Morgan fingerprint density at radius 2 is 2.10 bits per heavy atom. The van der Waals surface area contributed by atoms with Crippen molar-refractivity contribution in [1.29, 1.82) is 0 Å². The molecule has 0 aliphatic heterocycles. The fraction of sp³-hybridized carbons (Fsp3) is 0.133. The van der Waals surface area contributed by atoms with Crippen LogP contribution in [0, 0.1) is 5.82 Å². The molecule has 0 spiro atoms. The molecule has 0 heterocycles. The van der Waals surface area contributed by atoms with Crippen LogP contribution >= 0.6 is 27.7 Å². The van der Waals surface area contributed by atoms with E-state index in [9.17, 15) is 14.3 Å². The van der Waals surface area contributed by atoms with Gasteiger partial charge in [-0.15, -0.1) is 11.8 Å². The van der Waals surface area contributed by atoms with Gasteiger partial charge in [-0.1, -0.05) is 13.0 Å². The lowest BCUT2D eigenvalue weighted by molar-refractivity contribution is 0.0690. The Morgan fingerprint density at radius 3 is 2.76 bits per heavy atom. The van der Waals surface area contributed by atoms with Crippen LogP contribution in [0.1, 0.15) is 17.3 Å². The van der Waals surface area contributed by atoms with Crippen LogP contribution in [0.3, 0.4) is 0 Å². The van der Waals surface area contributed by atoms with Crippen LogP contribution < -0.4 is 4.74 Å². The van der Waals surface area contributed by atoms with Crippen molar-refractivity contribution in [2.75, 3.05) is 5.75 Å². The van der Waals surface area contributed by atoms with E-state index in [1.165, 1.54) is 30.0 Å². The fourth-order valence-corrected chi connectivity index (χ4v) is 2.90. The molecule has 6 heteroatoms. The van der Waals surface area contributed by atoms with Crippen molar-refractivity contribution in [3.8, 4) is 11.5 Å². The number of carboxylic acids is 1. The van der Waals surface area contributed by atoms with Crippen molar-refractivity contribution in [2.45, 2.75) is 11.8 Å². The van der Waals surface area contributed by atoms with Crippen molar-refractivity contribution in [3.05, 3.63) is 52.3 Å². The molecule has 21 heavy (non-hydrogen) atoms. The van der Waals surface area contributed by atoms with E-state index in [4.69, 9.17) is 4.74 Å². The van der Waals surface area contributed by atoms with Gasteiger partial charge in [-0.2, -0.15) is 0 Å². The molecule has 2 aromatic carbocycles. The van der Waals surface area contributed by atoms with Gasteiger partial charge in [0.05, 0.1) is 4.47 Å². The number of thioether (sulfide) groups is 1. The third kappa shape index (κ3) is 3.77. The van der Waals surface area contributed by atoms with Gasteiger partial charge in [0.15, 0.2) is 0 Å². The lowest BCUT2D eigenvalue weighted by Crippen LogP contribution is -2.03. The second kappa shape index (κ2) is 6.95. The van der Waals surface area contributed by atoms with Gasteiger partial charge in [0.25, 0.3) is 0 Å². The van der Waals surface area contributed by atoms with E-state index in [0.717, 1.165) is 5.75 Å². The summed E-state index contributed by atoms with van der Waals surface area (Å²) >= 11 is 4.67. The number of rotatable bonds is 5. The predicted octanol–water partition coefficient (Wildman–Crippen LogP) is 5.19. The lowest BCUT2D eigenvalue weighted by atomic mass is 10.2. The molecule has 110 valence electrons. The third-order valence-electron chi connectivity index (χ3n) is 2.61. The van der Waals surface area contributed by atoms with E-state index in [-0.39, 0.29) is 17.1 Å². The summed E-state index contributed by atoms with van der Waals surface area (Å²) in [6.45, 7) is 1.94. The summed E-state index contributed by atoms with van der Waals surface area (Å²) < 4.78 is 19.4. The molecule has 0 aromatic heterocycles. The largest absolute Gasteiger partial charge is 0.478 e. The maximum atomic E-state index is 13.3. The minimum absolute atomic E-state index is 0.0838. The van der Waals surface area contributed by atoms with Gasteiger partial charge in [-0.05, 0) is 45.9 Å². The van der Waals surface area contributed by atoms with Crippen LogP contribution in [0.5, 0.6) is 11.5 Å². The Hall–Kier alpha value is -1.53. The molecule has 3 nitrogen and oxygen atoms in total. The highest BCUT2D eigenvalue weighted by atomic mass is 79.9. The fourth-order valence-electron chi connectivity index (χ4n) is 1.76. The Balaban J connectivity index is 2.46. The first kappa shape index (κ1) is 15.9. The first-order valence-corrected chi connectivity index (χ1v) is 7.92. The zero-order valence-corrected chi connectivity index (χ0v) is 13.5. The molecular formula is C15H12BrFO3S. The van der Waals surface area contributed by atoms with E-state index in [1.807, 2.05) is 6.92 Å². The normalized spacial score (nSPS) is 10.4. The summed E-state index contributed by atoms with van der Waals surface area (Å²) in [6, 6.07) is 9.00. The summed E-state index contributed by atoms with van der Waals surface area (Å²) in [4.78, 5) is 12.1. The Labute approximate surface area is 134 Å². The van der Waals surface area contributed by atoms with Crippen molar-refractivity contribution in [2.24, 2.45) is 0 Å². The van der Waals surface area contributed by atoms with E-state index >= 15 is 0 Å². The molecule has 0 aliphatic carbocycles. The highest BCUT2D eigenvalue weighted by Gasteiger charge is 2.18. The third-order valence-corrected chi connectivity index (χ3v) is 4.21. The molecular weight excluding hydrogens is 359 g/mol. The smallest absolute Gasteiger partial charge is 0.340 e. The molecule has 0 bridgehead atoms. The minimum Gasteiger partial charge on any atom is -0.478 e. The first-order valence-electron chi connectivity index (χ1n) is 6.15. The summed E-state index contributed by atoms with van der Waals surface area (Å²) in [7, 11) is 0. The van der Waals surface area contributed by atoms with Crippen molar-refractivity contribution < 1.29 is 19.0 Å². The van der Waals surface area contributed by atoms with Crippen LogP contribution in [-0.4, -0.2) is 16.8 Å². The quantitative estimate of drug-likeness (QED) is 0.735. The molecule has 0 saturated carbocycles. The summed E-state index contributed by atoms with van der Waals surface area (Å²) in [6.07, 6.45) is 0. The van der Waals surface area contributed by atoms with Crippen molar-refractivity contribution in [3.63, 3.8) is 0 Å². The Bertz CT molecular complexity index is 676. The van der Waals surface area contributed by atoms with Gasteiger partial charge in [0.1, 0.15) is 22.9 Å². The molecule has 2 aromatic rings. The number of aromatic carboxylic acids is 1. The molecule has 0 radical (unpaired) electrons. The van der Waals surface area contributed by atoms with Gasteiger partial charge >= 0.3 is 5.97 Å². The molecule has 0 fully saturated rings. The van der Waals surface area contributed by atoms with Crippen LogP contribution in [0.15, 0.2) is 45.8 Å². The number of benzene rings is 2. The highest BCUT2D eigenvalue weighted by molar-refractivity contribution is 9.10. The highest BCUT2D eigenvalue weighted by Crippen LogP contribution is 2.36. The number of hydrogen-bond acceptors (Lipinski definition) is 3. The van der Waals surface area contributed by atoms with E-state index in [2.05, 4.69) is 15.9 Å². The molecule has 0 saturated heterocycles. The standard InChI is InChI=1S/C15H12BrFO3S/c1-2-21-13-5-3-4-11(14(13)15(18)19)20-12-8-9(17)6-7-10(12)16/h3-8H,2H2,1H3,(H,18,19). The van der Waals surface area contributed by atoms with Gasteiger partial charge in [-0.3, -0.25) is 0 Å². The van der Waals surface area contributed by atoms with E-state index in [1.54, 1.807) is 18.2 Å². The molecule has 0 atom stereocenters. The maximum absolute atomic E-state index is 13.3. The van der Waals surface area contributed by atoms with Gasteiger partial charge in [-0.25, -0.2) is 9.18 Å². The van der Waals surface area contributed by atoms with Crippen LogP contribution in [0.4, 0.5) is 4.39 Å². The Morgan fingerprint density at radius 1 is 1.33 bits per heavy atom. The molecule has 0 amide bonds. The number of hydrogen-bond donors (Lipinski definition) is 1. The monoisotopic (exact) mass is 370 g/mol. The average molecular weight is 371 g/mol. The van der Waals surface area contributed by atoms with Crippen LogP contribution in [-0.2, 0) is 0 Å². The first-order chi connectivity index (χ1) is 10.0. The zero-order chi connectivity index (χ0) is 15.4. The van der Waals surface area contributed by atoms with Crippen LogP contribution in [0.25, 0.3) is 0 Å². The summed E-state index contributed by atoms with van der Waals surface area (Å²) in [5, 5.41) is 9.40. The van der Waals surface area contributed by atoms with E-state index in [0.29, 0.717) is 9.37 Å². The van der Waals surface area contributed by atoms with Crippen LogP contribution in [0.2, 0.25) is 0 Å². The number of ether oxygens (including phenoxy) is 1. The van der Waals surface area contributed by atoms with Gasteiger partial charge in [0.2, 0.25) is 0 Å². The summed E-state index contributed by atoms with van der Waals surface area (Å²) in [5.41, 5.74) is 0.0838. The predicted molar refractivity (Wildman–Crippen MR) is 84.0 cm³/mol. The lowest BCUT2D eigenvalue weighted by Gasteiger charge is -2.13. The second-order valence-corrected chi connectivity index (χ2v) is 6.20. The molecule has 1 N–H and O–H groups in total. The number of carboxylic acid groups (broad SMARTS) is 1. The van der Waals surface area contributed by atoms with Gasteiger partial charge in [0, 0.05) is 11.0 Å². The number of carbonyl (C=O) groups is 1. The maximum Gasteiger partial charge on any atom is 0.340 e. The topological polar surface area (TPSA) is 46.5 Å². The van der Waals surface area contributed by atoms with Gasteiger partial charge < -0.3 is 9.84 Å². The molecule has 0 unspecified atom stereocenters. The van der Waals surface area contributed by atoms with Crippen molar-refractivity contribution >= 4 is 33.7 Å². The Kier molecular flexibility index (Phi) is 5.25. The number of halogens is 2. The molecule has 2 rings (SSSR count). The second-order valence-electron chi connectivity index (χ2n) is 4.04. The molecule has 0 aliphatic rings. The van der Waals surface area contributed by atoms with E-state index < -0.39 is 11.8 Å².